The van der Waals surface area contributed by atoms with Crippen LogP contribution in [-0.4, -0.2) is 53.8 Å². The predicted octanol–water partition coefficient (Wildman–Crippen LogP) is 3.62. The standard InChI is InChI=1S/C23H37N3O4S/c1-7-8-9-13-24-20(27)19(17-12-10-11-16(2)14-17)26(6)21(28)18(15-31)25-22(29)30-23(3,4)5/h10-12,14,18-19,31H,7-9,13,15H2,1-6H3,(H,24,27)(H,25,29). The molecule has 1 rings (SSSR count). The van der Waals surface area contributed by atoms with Crippen LogP contribution in [0.15, 0.2) is 24.3 Å². The lowest BCUT2D eigenvalue weighted by Gasteiger charge is -2.31. The summed E-state index contributed by atoms with van der Waals surface area (Å²) >= 11 is 4.22. The van der Waals surface area contributed by atoms with Crippen LogP contribution in [0.1, 0.15) is 64.1 Å². The second-order valence-corrected chi connectivity index (χ2v) is 9.01. The maximum Gasteiger partial charge on any atom is 0.408 e. The van der Waals surface area contributed by atoms with Crippen molar-refractivity contribution in [3.05, 3.63) is 35.4 Å². The summed E-state index contributed by atoms with van der Waals surface area (Å²) in [6, 6.07) is 5.75. The van der Waals surface area contributed by atoms with Crippen LogP contribution < -0.4 is 10.6 Å². The van der Waals surface area contributed by atoms with Gasteiger partial charge in [0.1, 0.15) is 17.7 Å². The van der Waals surface area contributed by atoms with Crippen molar-refractivity contribution in [2.45, 2.75) is 71.6 Å². The van der Waals surface area contributed by atoms with E-state index in [1.165, 1.54) is 4.90 Å². The van der Waals surface area contributed by atoms with Gasteiger partial charge < -0.3 is 20.3 Å². The highest BCUT2D eigenvalue weighted by Gasteiger charge is 2.33. The van der Waals surface area contributed by atoms with Crippen LogP contribution in [-0.2, 0) is 14.3 Å². The molecule has 0 aliphatic rings. The van der Waals surface area contributed by atoms with E-state index in [1.54, 1.807) is 27.8 Å². The van der Waals surface area contributed by atoms with Crippen LogP contribution in [0.4, 0.5) is 4.79 Å². The van der Waals surface area contributed by atoms with Crippen molar-refractivity contribution in [3.8, 4) is 0 Å². The van der Waals surface area contributed by atoms with E-state index >= 15 is 0 Å². The Balaban J connectivity index is 3.05. The second kappa shape index (κ2) is 12.6. The number of nitrogens with zero attached hydrogens (tertiary/aromatic N) is 1. The average molecular weight is 452 g/mol. The van der Waals surface area contributed by atoms with Gasteiger partial charge in [-0.2, -0.15) is 12.6 Å². The molecule has 0 saturated carbocycles. The molecule has 0 aliphatic heterocycles. The smallest absolute Gasteiger partial charge is 0.408 e. The van der Waals surface area contributed by atoms with Crippen molar-refractivity contribution in [2.75, 3.05) is 19.3 Å². The SMILES string of the molecule is CCCCCNC(=O)C(c1cccc(C)c1)N(C)C(=O)C(CS)NC(=O)OC(C)(C)C. The van der Waals surface area contributed by atoms with E-state index in [2.05, 4.69) is 30.2 Å². The monoisotopic (exact) mass is 451 g/mol. The summed E-state index contributed by atoms with van der Waals surface area (Å²) in [5, 5.41) is 5.50. The molecule has 0 saturated heterocycles. The van der Waals surface area contributed by atoms with Gasteiger partial charge >= 0.3 is 6.09 Å². The van der Waals surface area contributed by atoms with Crippen LogP contribution in [0.2, 0.25) is 0 Å². The summed E-state index contributed by atoms with van der Waals surface area (Å²) in [4.78, 5) is 39.8. The molecule has 2 atom stereocenters. The Kier molecular flexibility index (Phi) is 10.9. The van der Waals surface area contributed by atoms with Gasteiger partial charge in [-0.1, -0.05) is 49.6 Å². The molecule has 0 fully saturated rings. The zero-order valence-electron chi connectivity index (χ0n) is 19.5. The molecular formula is C23H37N3O4S. The van der Waals surface area contributed by atoms with Crippen molar-refractivity contribution < 1.29 is 19.1 Å². The Labute approximate surface area is 191 Å². The summed E-state index contributed by atoms with van der Waals surface area (Å²) < 4.78 is 5.25. The minimum absolute atomic E-state index is 0.0705. The number of amides is 3. The predicted molar refractivity (Wildman–Crippen MR) is 126 cm³/mol. The van der Waals surface area contributed by atoms with Crippen LogP contribution in [0, 0.1) is 6.92 Å². The van der Waals surface area contributed by atoms with E-state index in [1.807, 2.05) is 31.2 Å². The third-order valence-electron chi connectivity index (χ3n) is 4.59. The molecule has 8 heteroatoms. The van der Waals surface area contributed by atoms with Gasteiger partial charge in [0.05, 0.1) is 0 Å². The summed E-state index contributed by atoms with van der Waals surface area (Å²) in [6.45, 7) is 9.80. The lowest BCUT2D eigenvalue weighted by atomic mass is 10.0. The number of hydrogen-bond donors (Lipinski definition) is 3. The van der Waals surface area contributed by atoms with E-state index in [9.17, 15) is 14.4 Å². The zero-order chi connectivity index (χ0) is 23.6. The molecule has 0 aromatic heterocycles. The molecule has 0 aliphatic carbocycles. The molecule has 3 amide bonds. The minimum atomic E-state index is -0.927. The quantitative estimate of drug-likeness (QED) is 0.374. The van der Waals surface area contributed by atoms with Gasteiger partial charge in [0.15, 0.2) is 0 Å². The maximum absolute atomic E-state index is 13.2. The molecule has 2 N–H and O–H groups in total. The molecule has 7 nitrogen and oxygen atoms in total. The molecule has 1 aromatic rings. The van der Waals surface area contributed by atoms with Crippen LogP contribution >= 0.6 is 12.6 Å². The van der Waals surface area contributed by atoms with Gasteiger partial charge in [0, 0.05) is 19.3 Å². The zero-order valence-corrected chi connectivity index (χ0v) is 20.4. The largest absolute Gasteiger partial charge is 0.444 e. The first-order chi connectivity index (χ1) is 14.5. The summed E-state index contributed by atoms with van der Waals surface area (Å²) in [5.41, 5.74) is 1.00. The first-order valence-electron chi connectivity index (χ1n) is 10.7. The Morgan fingerprint density at radius 1 is 1.19 bits per heavy atom. The highest BCUT2D eigenvalue weighted by Crippen LogP contribution is 2.22. The fourth-order valence-electron chi connectivity index (χ4n) is 3.08. The normalized spacial score (nSPS) is 13.1. The fraction of sp³-hybridized carbons (Fsp3) is 0.609. The molecule has 31 heavy (non-hydrogen) atoms. The number of likely N-dealkylation sites (N-methyl/N-ethyl adjacent to an activating group) is 1. The minimum Gasteiger partial charge on any atom is -0.444 e. The second-order valence-electron chi connectivity index (χ2n) is 8.65. The van der Waals surface area contributed by atoms with Gasteiger partial charge in [0.2, 0.25) is 11.8 Å². The fourth-order valence-corrected chi connectivity index (χ4v) is 3.33. The van der Waals surface area contributed by atoms with Crippen molar-refractivity contribution >= 4 is 30.5 Å². The number of nitrogens with one attached hydrogen (secondary N) is 2. The third kappa shape index (κ3) is 9.21. The highest BCUT2D eigenvalue weighted by molar-refractivity contribution is 7.80. The van der Waals surface area contributed by atoms with Crippen LogP contribution in [0.5, 0.6) is 0 Å². The number of hydrogen-bond acceptors (Lipinski definition) is 5. The van der Waals surface area contributed by atoms with Crippen molar-refractivity contribution in [1.82, 2.24) is 15.5 Å². The number of carbonyl (C=O) groups excluding carboxylic acids is 3. The van der Waals surface area contributed by atoms with E-state index in [0.29, 0.717) is 12.1 Å². The number of unbranched alkanes of at least 4 members (excludes halogenated alkanes) is 2. The maximum atomic E-state index is 13.2. The van der Waals surface area contributed by atoms with Gasteiger partial charge in [-0.3, -0.25) is 9.59 Å². The number of thiol groups is 1. The van der Waals surface area contributed by atoms with E-state index in [-0.39, 0.29) is 11.7 Å². The number of benzene rings is 1. The Morgan fingerprint density at radius 3 is 2.42 bits per heavy atom. The summed E-state index contributed by atoms with van der Waals surface area (Å²) in [6.07, 6.45) is 2.24. The first-order valence-corrected chi connectivity index (χ1v) is 11.3. The number of ether oxygens (including phenoxy) is 1. The van der Waals surface area contributed by atoms with Crippen LogP contribution in [0.3, 0.4) is 0 Å². The summed E-state index contributed by atoms with van der Waals surface area (Å²) in [5.74, 6) is -0.607. The number of aryl methyl sites for hydroxylation is 1. The van der Waals surface area contributed by atoms with Gasteiger partial charge in [-0.15, -0.1) is 0 Å². The Morgan fingerprint density at radius 2 is 1.87 bits per heavy atom. The topological polar surface area (TPSA) is 87.7 Å². The molecule has 1 aromatic carbocycles. The first kappa shape index (κ1) is 26.8. The third-order valence-corrected chi connectivity index (χ3v) is 4.96. The number of alkyl carbamates (subject to hydrolysis) is 1. The molecule has 0 radical (unpaired) electrons. The molecule has 0 bridgehead atoms. The molecule has 2 unspecified atom stereocenters. The van der Waals surface area contributed by atoms with Crippen molar-refractivity contribution in [3.63, 3.8) is 0 Å². The van der Waals surface area contributed by atoms with Crippen LogP contribution in [0.25, 0.3) is 0 Å². The van der Waals surface area contributed by atoms with Gasteiger partial charge in [0.25, 0.3) is 0 Å². The number of carbonyl (C=O) groups is 3. The lowest BCUT2D eigenvalue weighted by Crippen LogP contribution is -2.52. The molecule has 0 spiro atoms. The molecular weight excluding hydrogens is 414 g/mol. The molecule has 0 heterocycles. The Hall–Kier alpha value is -2.22. The Bertz CT molecular complexity index is 749. The van der Waals surface area contributed by atoms with Gasteiger partial charge in [-0.05, 0) is 39.7 Å². The summed E-state index contributed by atoms with van der Waals surface area (Å²) in [7, 11) is 1.56. The lowest BCUT2D eigenvalue weighted by molar-refractivity contribution is -0.140. The number of rotatable bonds is 10. The van der Waals surface area contributed by atoms with E-state index in [0.717, 1.165) is 24.8 Å². The average Bonchev–Trinajstić information content (AvgIpc) is 2.67. The van der Waals surface area contributed by atoms with E-state index < -0.39 is 29.7 Å². The highest BCUT2D eigenvalue weighted by atomic mass is 32.1. The van der Waals surface area contributed by atoms with E-state index in [4.69, 9.17) is 4.74 Å². The van der Waals surface area contributed by atoms with Crippen molar-refractivity contribution in [2.24, 2.45) is 0 Å². The van der Waals surface area contributed by atoms with Gasteiger partial charge in [-0.25, -0.2) is 4.79 Å². The van der Waals surface area contributed by atoms with Crippen molar-refractivity contribution in [1.29, 1.82) is 0 Å². The molecule has 174 valence electrons.